The highest BCUT2D eigenvalue weighted by atomic mass is 35.5. The van der Waals surface area contributed by atoms with Crippen LogP contribution in [0.2, 0.25) is 10.0 Å². The lowest BCUT2D eigenvalue weighted by atomic mass is 10.0. The summed E-state index contributed by atoms with van der Waals surface area (Å²) < 4.78 is 29.8. The number of carbonyl (C=O) groups is 1. The third-order valence-corrected chi connectivity index (χ3v) is 7.44. The Morgan fingerprint density at radius 2 is 1.82 bits per heavy atom. The number of piperidine rings is 1. The Morgan fingerprint density at radius 1 is 1.11 bits per heavy atom. The summed E-state index contributed by atoms with van der Waals surface area (Å²) in [5.41, 5.74) is 0.156. The number of amides is 1. The highest BCUT2D eigenvalue weighted by molar-refractivity contribution is 7.89. The fourth-order valence-corrected chi connectivity index (χ4v) is 5.56. The van der Waals surface area contributed by atoms with Gasteiger partial charge < -0.3 is 9.47 Å². The van der Waals surface area contributed by atoms with Gasteiger partial charge in [0.1, 0.15) is 4.90 Å². The van der Waals surface area contributed by atoms with Crippen molar-refractivity contribution in [2.45, 2.75) is 42.7 Å². The maximum atomic E-state index is 13.0. The Kier molecular flexibility index (Phi) is 5.39. The van der Waals surface area contributed by atoms with Gasteiger partial charge in [-0.25, -0.2) is 18.1 Å². The van der Waals surface area contributed by atoms with Crippen LogP contribution in [0.25, 0.3) is 0 Å². The molecule has 1 N–H and O–H groups in total. The highest BCUT2D eigenvalue weighted by Gasteiger charge is 2.31. The van der Waals surface area contributed by atoms with E-state index in [2.05, 4.69) is 9.71 Å². The SMILES string of the molecule is O=C(c1cc(S(=O)(=O)NC2CC2)c(Cl)cc1Cl)N1CCC(n2ccnc2)CC1. The summed E-state index contributed by atoms with van der Waals surface area (Å²) in [5, 5.41) is 0.158. The maximum Gasteiger partial charge on any atom is 0.255 e. The monoisotopic (exact) mass is 442 g/mol. The molecule has 150 valence electrons. The van der Waals surface area contributed by atoms with Crippen LogP contribution >= 0.6 is 23.2 Å². The van der Waals surface area contributed by atoms with Gasteiger partial charge in [0.25, 0.3) is 5.91 Å². The summed E-state index contributed by atoms with van der Waals surface area (Å²) >= 11 is 12.4. The van der Waals surface area contributed by atoms with E-state index in [9.17, 15) is 13.2 Å². The fourth-order valence-electron chi connectivity index (χ4n) is 3.41. The second-order valence-corrected chi connectivity index (χ2v) is 9.69. The van der Waals surface area contributed by atoms with Crippen molar-refractivity contribution >= 4 is 39.1 Å². The first kappa shape index (κ1) is 19.7. The van der Waals surface area contributed by atoms with E-state index in [-0.39, 0.29) is 32.5 Å². The second kappa shape index (κ2) is 7.67. The molecule has 0 bridgehead atoms. The molecule has 1 amide bonds. The second-order valence-electron chi connectivity index (χ2n) is 7.19. The molecule has 1 saturated heterocycles. The van der Waals surface area contributed by atoms with Crippen molar-refractivity contribution in [1.29, 1.82) is 0 Å². The minimum atomic E-state index is -3.79. The first-order chi connectivity index (χ1) is 13.3. The van der Waals surface area contributed by atoms with Crippen LogP contribution in [0.15, 0.2) is 35.7 Å². The van der Waals surface area contributed by atoms with Crippen molar-refractivity contribution in [2.24, 2.45) is 0 Å². The molecule has 1 saturated carbocycles. The number of likely N-dealkylation sites (tertiary alicyclic amines) is 1. The number of carbonyl (C=O) groups excluding carboxylic acids is 1. The molecular formula is C18H20Cl2N4O3S. The van der Waals surface area contributed by atoms with Gasteiger partial charge in [0.15, 0.2) is 0 Å². The number of sulfonamides is 1. The molecular weight excluding hydrogens is 423 g/mol. The number of nitrogens with one attached hydrogen (secondary N) is 1. The topological polar surface area (TPSA) is 84.3 Å². The van der Waals surface area contributed by atoms with E-state index in [0.29, 0.717) is 19.1 Å². The molecule has 1 aromatic carbocycles. The van der Waals surface area contributed by atoms with Crippen LogP contribution in [-0.2, 0) is 10.0 Å². The molecule has 2 aromatic rings. The zero-order valence-electron chi connectivity index (χ0n) is 15.0. The molecule has 2 aliphatic rings. The van der Waals surface area contributed by atoms with Crippen LogP contribution in [0, 0.1) is 0 Å². The molecule has 2 fully saturated rings. The molecule has 0 spiro atoms. The predicted molar refractivity (Wildman–Crippen MR) is 106 cm³/mol. The molecule has 0 unspecified atom stereocenters. The third-order valence-electron chi connectivity index (χ3n) is 5.14. The summed E-state index contributed by atoms with van der Waals surface area (Å²) in [6.07, 6.45) is 8.64. The lowest BCUT2D eigenvalue weighted by Crippen LogP contribution is -2.39. The zero-order valence-corrected chi connectivity index (χ0v) is 17.3. The van der Waals surface area contributed by atoms with E-state index in [0.717, 1.165) is 25.7 Å². The predicted octanol–water partition coefficient (Wildman–Crippen LogP) is 3.11. The molecule has 1 aliphatic carbocycles. The van der Waals surface area contributed by atoms with Crippen molar-refractivity contribution in [3.8, 4) is 0 Å². The number of nitrogens with zero attached hydrogens (tertiary/aromatic N) is 3. The van der Waals surface area contributed by atoms with E-state index in [4.69, 9.17) is 23.2 Å². The number of hydrogen-bond acceptors (Lipinski definition) is 4. The van der Waals surface area contributed by atoms with Gasteiger partial charge in [0.2, 0.25) is 10.0 Å². The van der Waals surface area contributed by atoms with E-state index < -0.39 is 10.0 Å². The summed E-state index contributed by atoms with van der Waals surface area (Å²) in [6.45, 7) is 1.12. The molecule has 4 rings (SSSR count). The average molecular weight is 443 g/mol. The molecule has 1 aromatic heterocycles. The standard InChI is InChI=1S/C18H20Cl2N4O3S/c19-15-10-16(20)17(28(26,27)22-12-1-2-12)9-14(15)18(25)23-6-3-13(4-7-23)24-8-5-21-11-24/h5,8-13,22H,1-4,6-7H2. The number of imidazole rings is 1. The molecule has 28 heavy (non-hydrogen) atoms. The van der Waals surface area contributed by atoms with Crippen LogP contribution in [-0.4, -0.2) is 47.9 Å². The minimum absolute atomic E-state index is 0.00789. The lowest BCUT2D eigenvalue weighted by molar-refractivity contribution is 0.0694. The average Bonchev–Trinajstić information content (AvgIpc) is 3.29. The minimum Gasteiger partial charge on any atom is -0.338 e. The van der Waals surface area contributed by atoms with Gasteiger partial charge in [0, 0.05) is 37.6 Å². The zero-order chi connectivity index (χ0) is 19.9. The Balaban J connectivity index is 1.53. The normalized spacial score (nSPS) is 18.4. The van der Waals surface area contributed by atoms with Crippen molar-refractivity contribution in [1.82, 2.24) is 19.2 Å². The van der Waals surface area contributed by atoms with Gasteiger partial charge in [0.05, 0.1) is 21.9 Å². The van der Waals surface area contributed by atoms with Gasteiger partial charge in [-0.15, -0.1) is 0 Å². The molecule has 10 heteroatoms. The summed E-state index contributed by atoms with van der Waals surface area (Å²) in [6, 6.07) is 2.86. The Bertz CT molecular complexity index is 983. The lowest BCUT2D eigenvalue weighted by Gasteiger charge is -2.32. The van der Waals surface area contributed by atoms with Crippen LogP contribution in [0.5, 0.6) is 0 Å². The summed E-state index contributed by atoms with van der Waals surface area (Å²) in [4.78, 5) is 18.7. The van der Waals surface area contributed by atoms with Crippen LogP contribution in [0.1, 0.15) is 42.1 Å². The van der Waals surface area contributed by atoms with Crippen LogP contribution < -0.4 is 4.72 Å². The van der Waals surface area contributed by atoms with Gasteiger partial charge >= 0.3 is 0 Å². The highest BCUT2D eigenvalue weighted by Crippen LogP contribution is 2.32. The Hall–Kier alpha value is -1.61. The molecule has 1 aliphatic heterocycles. The van der Waals surface area contributed by atoms with Gasteiger partial charge in [-0.05, 0) is 37.8 Å². The molecule has 0 radical (unpaired) electrons. The van der Waals surface area contributed by atoms with Crippen LogP contribution in [0.4, 0.5) is 0 Å². The van der Waals surface area contributed by atoms with E-state index >= 15 is 0 Å². The summed E-state index contributed by atoms with van der Waals surface area (Å²) in [5.74, 6) is -0.284. The molecule has 0 atom stereocenters. The van der Waals surface area contributed by atoms with E-state index in [1.54, 1.807) is 17.4 Å². The Morgan fingerprint density at radius 3 is 2.43 bits per heavy atom. The molecule has 7 nitrogen and oxygen atoms in total. The molecule has 2 heterocycles. The smallest absolute Gasteiger partial charge is 0.255 e. The van der Waals surface area contributed by atoms with E-state index in [1.165, 1.54) is 12.1 Å². The van der Waals surface area contributed by atoms with Crippen LogP contribution in [0.3, 0.4) is 0 Å². The number of hydrogen-bond donors (Lipinski definition) is 1. The summed E-state index contributed by atoms with van der Waals surface area (Å²) in [7, 11) is -3.79. The first-order valence-corrected chi connectivity index (χ1v) is 11.4. The maximum absolute atomic E-state index is 13.0. The van der Waals surface area contributed by atoms with Crippen molar-refractivity contribution in [2.75, 3.05) is 13.1 Å². The number of rotatable bonds is 5. The van der Waals surface area contributed by atoms with Crippen molar-refractivity contribution < 1.29 is 13.2 Å². The number of benzene rings is 1. The first-order valence-electron chi connectivity index (χ1n) is 9.13. The van der Waals surface area contributed by atoms with Gasteiger partial charge in [-0.3, -0.25) is 4.79 Å². The van der Waals surface area contributed by atoms with Gasteiger partial charge in [-0.2, -0.15) is 0 Å². The quantitative estimate of drug-likeness (QED) is 0.770. The Labute approximate surface area is 173 Å². The fraction of sp³-hybridized carbons (Fsp3) is 0.444. The number of halogens is 2. The van der Waals surface area contributed by atoms with Crippen molar-refractivity contribution in [3.05, 3.63) is 46.5 Å². The third kappa shape index (κ3) is 4.05. The van der Waals surface area contributed by atoms with E-state index in [1.807, 2.05) is 10.8 Å². The largest absolute Gasteiger partial charge is 0.338 e. The van der Waals surface area contributed by atoms with Gasteiger partial charge in [-0.1, -0.05) is 23.2 Å². The number of aromatic nitrogens is 2. The van der Waals surface area contributed by atoms with Crippen molar-refractivity contribution in [3.63, 3.8) is 0 Å².